The summed E-state index contributed by atoms with van der Waals surface area (Å²) in [7, 11) is 0. The van der Waals surface area contributed by atoms with Gasteiger partial charge in [-0.3, -0.25) is 4.79 Å². The first-order valence-corrected chi connectivity index (χ1v) is 6.21. The van der Waals surface area contributed by atoms with Crippen molar-refractivity contribution in [3.8, 4) is 6.07 Å². The summed E-state index contributed by atoms with van der Waals surface area (Å²) in [6.07, 6.45) is 0.572. The smallest absolute Gasteiger partial charge is 0.227 e. The van der Waals surface area contributed by atoms with Gasteiger partial charge in [0.05, 0.1) is 11.6 Å². The molecule has 1 aliphatic heterocycles. The number of anilines is 1. The van der Waals surface area contributed by atoms with E-state index >= 15 is 0 Å². The number of benzene rings is 1. The number of hydrogen-bond donors (Lipinski definition) is 1. The van der Waals surface area contributed by atoms with Gasteiger partial charge < -0.3 is 4.90 Å². The number of carbonyl (C=O) groups excluding carboxylic acids is 1. The first kappa shape index (κ1) is 12.0. The number of amides is 1. The van der Waals surface area contributed by atoms with Crippen molar-refractivity contribution in [1.29, 1.82) is 5.26 Å². The zero-order chi connectivity index (χ0) is 12.4. The van der Waals surface area contributed by atoms with Gasteiger partial charge in [-0.25, -0.2) is 0 Å². The normalized spacial score (nSPS) is 19.5. The van der Waals surface area contributed by atoms with Crippen LogP contribution in [0.3, 0.4) is 0 Å². The molecule has 0 radical (unpaired) electrons. The Bertz CT molecular complexity index is 493. The van der Waals surface area contributed by atoms with Crippen molar-refractivity contribution in [2.75, 3.05) is 17.2 Å². The van der Waals surface area contributed by atoms with Crippen LogP contribution in [-0.2, 0) is 4.79 Å². The van der Waals surface area contributed by atoms with Gasteiger partial charge in [-0.05, 0) is 42.4 Å². The third-order valence-corrected chi connectivity index (χ3v) is 3.62. The lowest BCUT2D eigenvalue weighted by Gasteiger charge is -2.17. The van der Waals surface area contributed by atoms with Crippen LogP contribution < -0.4 is 4.90 Å². The van der Waals surface area contributed by atoms with E-state index in [1.807, 2.05) is 19.1 Å². The van der Waals surface area contributed by atoms with Crippen molar-refractivity contribution in [3.05, 3.63) is 29.3 Å². The van der Waals surface area contributed by atoms with Crippen LogP contribution in [0.5, 0.6) is 0 Å². The Labute approximate surface area is 106 Å². The number of hydrogen-bond acceptors (Lipinski definition) is 3. The van der Waals surface area contributed by atoms with Crippen molar-refractivity contribution in [2.45, 2.75) is 13.3 Å². The first-order chi connectivity index (χ1) is 8.15. The second kappa shape index (κ2) is 4.80. The number of thiol groups is 1. The lowest BCUT2D eigenvalue weighted by molar-refractivity contribution is -0.117. The Balaban J connectivity index is 2.27. The first-order valence-electron chi connectivity index (χ1n) is 5.57. The average molecular weight is 246 g/mol. The van der Waals surface area contributed by atoms with Gasteiger partial charge in [0.25, 0.3) is 0 Å². The molecule has 1 aromatic carbocycles. The fraction of sp³-hybridized carbons (Fsp3) is 0.385. The zero-order valence-electron chi connectivity index (χ0n) is 9.68. The maximum absolute atomic E-state index is 11.8. The van der Waals surface area contributed by atoms with E-state index in [1.54, 1.807) is 11.0 Å². The second-order valence-corrected chi connectivity index (χ2v) is 4.73. The Morgan fingerprint density at radius 3 is 2.88 bits per heavy atom. The minimum atomic E-state index is 0.146. The molecule has 88 valence electrons. The highest BCUT2D eigenvalue weighted by Gasteiger charge is 2.29. The van der Waals surface area contributed by atoms with Gasteiger partial charge in [0, 0.05) is 18.7 Å². The number of rotatable bonds is 2. The highest BCUT2D eigenvalue weighted by molar-refractivity contribution is 7.80. The van der Waals surface area contributed by atoms with Gasteiger partial charge >= 0.3 is 0 Å². The van der Waals surface area contributed by atoms with Gasteiger partial charge in [-0.1, -0.05) is 0 Å². The summed E-state index contributed by atoms with van der Waals surface area (Å²) < 4.78 is 0. The molecule has 1 saturated heterocycles. The molecule has 2 rings (SSSR count). The molecule has 3 nitrogen and oxygen atoms in total. The molecule has 0 aliphatic carbocycles. The largest absolute Gasteiger partial charge is 0.312 e. The Morgan fingerprint density at radius 1 is 1.59 bits per heavy atom. The average Bonchev–Trinajstić information content (AvgIpc) is 2.70. The summed E-state index contributed by atoms with van der Waals surface area (Å²) in [5, 5.41) is 8.87. The minimum Gasteiger partial charge on any atom is -0.312 e. The Morgan fingerprint density at radius 2 is 2.35 bits per heavy atom. The molecule has 1 aromatic rings. The third-order valence-electron chi connectivity index (χ3n) is 3.11. The number of nitrogens with zero attached hydrogens (tertiary/aromatic N) is 2. The number of aryl methyl sites for hydroxylation is 1. The van der Waals surface area contributed by atoms with Crippen LogP contribution in [0.25, 0.3) is 0 Å². The summed E-state index contributed by atoms with van der Waals surface area (Å²) in [6.45, 7) is 2.62. The van der Waals surface area contributed by atoms with Crippen LogP contribution in [-0.4, -0.2) is 18.2 Å². The van der Waals surface area contributed by atoms with Gasteiger partial charge in [0.15, 0.2) is 0 Å². The Hall–Kier alpha value is -1.47. The topological polar surface area (TPSA) is 44.1 Å². The van der Waals surface area contributed by atoms with Gasteiger partial charge in [0.2, 0.25) is 5.91 Å². The molecule has 0 spiro atoms. The van der Waals surface area contributed by atoms with Gasteiger partial charge in [0.1, 0.15) is 0 Å². The standard InChI is InChI=1S/C13H14N2OS/c1-9-4-12(3-2-11(9)6-14)15-7-10(8-17)5-13(15)16/h2-4,10,17H,5,7-8H2,1H3. The zero-order valence-corrected chi connectivity index (χ0v) is 10.6. The van der Waals surface area contributed by atoms with E-state index in [2.05, 4.69) is 18.7 Å². The summed E-state index contributed by atoms with van der Waals surface area (Å²) in [5.41, 5.74) is 2.45. The van der Waals surface area contributed by atoms with Crippen molar-refractivity contribution >= 4 is 24.2 Å². The molecule has 1 unspecified atom stereocenters. The monoisotopic (exact) mass is 246 g/mol. The van der Waals surface area contributed by atoms with E-state index < -0.39 is 0 Å². The number of carbonyl (C=O) groups is 1. The Kier molecular flexibility index (Phi) is 3.39. The molecule has 4 heteroatoms. The van der Waals surface area contributed by atoms with E-state index in [4.69, 9.17) is 5.26 Å². The predicted molar refractivity (Wildman–Crippen MR) is 70.2 cm³/mol. The molecule has 1 fully saturated rings. The van der Waals surface area contributed by atoms with Crippen LogP contribution in [0.15, 0.2) is 18.2 Å². The third kappa shape index (κ3) is 2.29. The fourth-order valence-corrected chi connectivity index (χ4v) is 2.34. The lowest BCUT2D eigenvalue weighted by Crippen LogP contribution is -2.24. The van der Waals surface area contributed by atoms with Crippen LogP contribution >= 0.6 is 12.6 Å². The van der Waals surface area contributed by atoms with Crippen LogP contribution in [0, 0.1) is 24.2 Å². The van der Waals surface area contributed by atoms with Gasteiger partial charge in [-0.15, -0.1) is 0 Å². The highest BCUT2D eigenvalue weighted by atomic mass is 32.1. The SMILES string of the molecule is Cc1cc(N2CC(CS)CC2=O)ccc1C#N. The molecule has 0 bridgehead atoms. The maximum Gasteiger partial charge on any atom is 0.227 e. The van der Waals surface area contributed by atoms with Gasteiger partial charge in [-0.2, -0.15) is 17.9 Å². The van der Waals surface area contributed by atoms with E-state index in [9.17, 15) is 4.79 Å². The van der Waals surface area contributed by atoms with Crippen molar-refractivity contribution in [1.82, 2.24) is 0 Å². The molecule has 0 saturated carbocycles. The van der Waals surface area contributed by atoms with Crippen molar-refractivity contribution in [3.63, 3.8) is 0 Å². The molecular formula is C13H14N2OS. The molecule has 1 atom stereocenters. The quantitative estimate of drug-likeness (QED) is 0.813. The summed E-state index contributed by atoms with van der Waals surface area (Å²) in [4.78, 5) is 13.6. The van der Waals surface area contributed by atoms with Crippen molar-refractivity contribution < 1.29 is 4.79 Å². The second-order valence-electron chi connectivity index (χ2n) is 4.37. The molecular weight excluding hydrogens is 232 g/mol. The molecule has 0 aromatic heterocycles. The summed E-state index contributed by atoms with van der Waals surface area (Å²) in [6, 6.07) is 7.64. The van der Waals surface area contributed by atoms with Crippen LogP contribution in [0.2, 0.25) is 0 Å². The van der Waals surface area contributed by atoms with E-state index in [0.717, 1.165) is 23.5 Å². The molecule has 1 heterocycles. The molecule has 0 N–H and O–H groups in total. The predicted octanol–water partition coefficient (Wildman–Crippen LogP) is 2.15. The van der Waals surface area contributed by atoms with E-state index in [1.165, 1.54) is 0 Å². The maximum atomic E-state index is 11.8. The minimum absolute atomic E-state index is 0.146. The van der Waals surface area contributed by atoms with Crippen LogP contribution in [0.1, 0.15) is 17.5 Å². The summed E-state index contributed by atoms with van der Waals surface area (Å²) >= 11 is 4.24. The van der Waals surface area contributed by atoms with Crippen molar-refractivity contribution in [2.24, 2.45) is 5.92 Å². The molecule has 1 aliphatic rings. The van der Waals surface area contributed by atoms with Crippen LogP contribution in [0.4, 0.5) is 5.69 Å². The number of nitriles is 1. The fourth-order valence-electron chi connectivity index (χ4n) is 2.09. The molecule has 17 heavy (non-hydrogen) atoms. The highest BCUT2D eigenvalue weighted by Crippen LogP contribution is 2.27. The molecule has 1 amide bonds. The lowest BCUT2D eigenvalue weighted by atomic mass is 10.1. The summed E-state index contributed by atoms with van der Waals surface area (Å²) in [5.74, 6) is 1.22. The van der Waals surface area contributed by atoms with E-state index in [-0.39, 0.29) is 5.91 Å². The van der Waals surface area contributed by atoms with E-state index in [0.29, 0.717) is 17.9 Å².